The summed E-state index contributed by atoms with van der Waals surface area (Å²) < 4.78 is 6.52. The molecule has 0 bridgehead atoms. The van der Waals surface area contributed by atoms with E-state index in [2.05, 4.69) is 44.7 Å². The zero-order valence-corrected chi connectivity index (χ0v) is 18.8. The number of rotatable bonds is 6. The fourth-order valence-corrected chi connectivity index (χ4v) is 3.74. The summed E-state index contributed by atoms with van der Waals surface area (Å²) in [6, 6.07) is 13.2. The number of aromatic nitrogens is 3. The molecule has 0 aliphatic carbocycles. The molecule has 9 heteroatoms. The largest absolute Gasteiger partial charge is 0.462 e. The van der Waals surface area contributed by atoms with E-state index in [9.17, 15) is 9.59 Å². The van der Waals surface area contributed by atoms with E-state index < -0.39 is 0 Å². The number of ether oxygens (including phenoxy) is 1. The molecule has 1 aromatic carbocycles. The second-order valence-electron chi connectivity index (χ2n) is 7.95. The third kappa shape index (κ3) is 5.88. The topological polar surface area (TPSA) is 101 Å². The first-order valence-corrected chi connectivity index (χ1v) is 11.1. The lowest BCUT2D eigenvalue weighted by Gasteiger charge is -2.32. The molecular weight excluding hydrogens is 420 g/mol. The van der Waals surface area contributed by atoms with Gasteiger partial charge in [0.2, 0.25) is 0 Å². The maximum Gasteiger partial charge on any atom is 0.346 e. The fraction of sp³-hybridized carbons (Fsp3) is 0.333. The minimum Gasteiger partial charge on any atom is -0.462 e. The van der Waals surface area contributed by atoms with E-state index in [1.54, 1.807) is 18.5 Å². The van der Waals surface area contributed by atoms with Gasteiger partial charge in [0.15, 0.2) is 5.82 Å². The van der Waals surface area contributed by atoms with Gasteiger partial charge in [-0.1, -0.05) is 19.1 Å². The average molecular weight is 449 g/mol. The van der Waals surface area contributed by atoms with Crippen molar-refractivity contribution in [1.82, 2.24) is 14.8 Å². The van der Waals surface area contributed by atoms with Crippen LogP contribution < -0.4 is 15.5 Å². The molecule has 2 N–H and O–H groups in total. The van der Waals surface area contributed by atoms with Crippen LogP contribution in [0.5, 0.6) is 0 Å². The van der Waals surface area contributed by atoms with Crippen LogP contribution in [0.2, 0.25) is 0 Å². The van der Waals surface area contributed by atoms with E-state index >= 15 is 0 Å². The van der Waals surface area contributed by atoms with Crippen LogP contribution in [0.1, 0.15) is 32.3 Å². The summed E-state index contributed by atoms with van der Waals surface area (Å²) in [6.07, 6.45) is 5.74. The summed E-state index contributed by atoms with van der Waals surface area (Å²) in [5, 5.41) is 10.3. The van der Waals surface area contributed by atoms with Crippen molar-refractivity contribution >= 4 is 35.0 Å². The second-order valence-corrected chi connectivity index (χ2v) is 7.95. The number of carbonyl (C=O) groups is 2. The van der Waals surface area contributed by atoms with Crippen LogP contribution in [0.3, 0.4) is 0 Å². The molecule has 3 heterocycles. The van der Waals surface area contributed by atoms with Crippen molar-refractivity contribution in [2.45, 2.75) is 39.2 Å². The Balaban J connectivity index is 1.30. The number of nitrogens with zero attached hydrogens (tertiary/aromatic N) is 4. The molecule has 2 aromatic heterocycles. The van der Waals surface area contributed by atoms with E-state index in [0.717, 1.165) is 43.9 Å². The molecule has 0 radical (unpaired) electrons. The van der Waals surface area contributed by atoms with E-state index in [1.807, 2.05) is 24.3 Å². The highest BCUT2D eigenvalue weighted by Gasteiger charge is 2.22. The molecule has 1 saturated heterocycles. The van der Waals surface area contributed by atoms with Crippen molar-refractivity contribution in [3.8, 4) is 0 Å². The first-order valence-electron chi connectivity index (χ1n) is 11.1. The molecule has 1 amide bonds. The van der Waals surface area contributed by atoms with Crippen LogP contribution in [-0.4, -0.2) is 46.0 Å². The maximum atomic E-state index is 12.6. The summed E-state index contributed by atoms with van der Waals surface area (Å²) in [5.74, 6) is 1.17. The van der Waals surface area contributed by atoms with E-state index in [-0.39, 0.29) is 18.1 Å². The van der Waals surface area contributed by atoms with Crippen LogP contribution in [0, 0.1) is 0 Å². The molecule has 9 nitrogen and oxygen atoms in total. The molecule has 0 saturated carbocycles. The Kier molecular flexibility index (Phi) is 6.87. The lowest BCUT2D eigenvalue weighted by atomic mass is 10.1. The third-order valence-corrected chi connectivity index (χ3v) is 5.53. The molecule has 3 aromatic rings. The van der Waals surface area contributed by atoms with Crippen LogP contribution in [0.25, 0.3) is 0 Å². The summed E-state index contributed by atoms with van der Waals surface area (Å²) in [5.41, 5.74) is 2.75. The first-order chi connectivity index (χ1) is 16.0. The number of pyridine rings is 1. The van der Waals surface area contributed by atoms with Crippen molar-refractivity contribution in [3.63, 3.8) is 0 Å². The van der Waals surface area contributed by atoms with Gasteiger partial charge in [-0.3, -0.25) is 4.79 Å². The molecule has 33 heavy (non-hydrogen) atoms. The predicted molar refractivity (Wildman–Crippen MR) is 127 cm³/mol. The summed E-state index contributed by atoms with van der Waals surface area (Å²) >= 11 is 0. The Morgan fingerprint density at radius 3 is 2.42 bits per heavy atom. The highest BCUT2D eigenvalue weighted by molar-refractivity contribution is 5.90. The van der Waals surface area contributed by atoms with Crippen LogP contribution in [-0.2, 0) is 16.0 Å². The SMILES string of the molecule is CCc1ccc(Nc2ccn(C(=O)Nc3ccc(N4CCC(OC(C)=O)CC4)nc3)n2)cc1. The van der Waals surface area contributed by atoms with Gasteiger partial charge in [-0.15, -0.1) is 5.10 Å². The zero-order valence-electron chi connectivity index (χ0n) is 18.8. The number of anilines is 4. The molecule has 1 fully saturated rings. The van der Waals surface area contributed by atoms with Crippen molar-refractivity contribution in [2.24, 2.45) is 0 Å². The highest BCUT2D eigenvalue weighted by atomic mass is 16.5. The quantitative estimate of drug-likeness (QED) is 0.545. The number of aryl methyl sites for hydroxylation is 1. The number of benzene rings is 1. The maximum absolute atomic E-state index is 12.6. The number of carbonyl (C=O) groups excluding carboxylic acids is 2. The van der Waals surface area contributed by atoms with Gasteiger partial charge in [-0.25, -0.2) is 9.78 Å². The van der Waals surface area contributed by atoms with Gasteiger partial charge in [0.05, 0.1) is 11.9 Å². The van der Waals surface area contributed by atoms with Gasteiger partial charge < -0.3 is 20.3 Å². The van der Waals surface area contributed by atoms with Gasteiger partial charge in [0.25, 0.3) is 0 Å². The minimum absolute atomic E-state index is 0.0264. The lowest BCUT2D eigenvalue weighted by Crippen LogP contribution is -2.38. The van der Waals surface area contributed by atoms with Gasteiger partial charge in [0, 0.05) is 50.8 Å². The van der Waals surface area contributed by atoms with Crippen molar-refractivity contribution < 1.29 is 14.3 Å². The lowest BCUT2D eigenvalue weighted by molar-refractivity contribution is -0.147. The van der Waals surface area contributed by atoms with Crippen molar-refractivity contribution in [1.29, 1.82) is 0 Å². The number of piperidine rings is 1. The summed E-state index contributed by atoms with van der Waals surface area (Å²) in [6.45, 7) is 5.08. The Bertz CT molecular complexity index is 1090. The Labute approximate surface area is 192 Å². The van der Waals surface area contributed by atoms with Crippen molar-refractivity contribution in [3.05, 3.63) is 60.4 Å². The Morgan fingerprint density at radius 2 is 1.79 bits per heavy atom. The van der Waals surface area contributed by atoms with Crippen LogP contribution >= 0.6 is 0 Å². The van der Waals surface area contributed by atoms with Gasteiger partial charge in [-0.05, 0) is 36.2 Å². The number of amides is 1. The second kappa shape index (κ2) is 10.2. The average Bonchev–Trinajstić information content (AvgIpc) is 3.29. The molecule has 0 atom stereocenters. The number of hydrogen-bond acceptors (Lipinski definition) is 7. The molecule has 0 unspecified atom stereocenters. The van der Waals surface area contributed by atoms with E-state index in [4.69, 9.17) is 4.74 Å². The first kappa shape index (κ1) is 22.3. The van der Waals surface area contributed by atoms with E-state index in [0.29, 0.717) is 11.5 Å². The number of nitrogens with one attached hydrogen (secondary N) is 2. The normalized spacial score (nSPS) is 14.1. The number of esters is 1. The zero-order chi connectivity index (χ0) is 23.2. The fourth-order valence-electron chi connectivity index (χ4n) is 3.74. The smallest absolute Gasteiger partial charge is 0.346 e. The predicted octanol–water partition coefficient (Wildman–Crippen LogP) is 4.20. The molecule has 4 rings (SSSR count). The molecule has 1 aliphatic rings. The Hall–Kier alpha value is -3.88. The van der Waals surface area contributed by atoms with E-state index in [1.165, 1.54) is 17.2 Å². The Morgan fingerprint density at radius 1 is 1.06 bits per heavy atom. The summed E-state index contributed by atoms with van der Waals surface area (Å²) in [4.78, 5) is 30.3. The van der Waals surface area contributed by atoms with Gasteiger partial charge in [0.1, 0.15) is 11.9 Å². The number of hydrogen-bond donors (Lipinski definition) is 2. The molecule has 1 aliphatic heterocycles. The van der Waals surface area contributed by atoms with Gasteiger partial charge in [-0.2, -0.15) is 4.68 Å². The molecule has 172 valence electrons. The van der Waals surface area contributed by atoms with Crippen LogP contribution in [0.15, 0.2) is 54.9 Å². The van der Waals surface area contributed by atoms with Gasteiger partial charge >= 0.3 is 12.0 Å². The standard InChI is InChI=1S/C24H28N6O3/c1-3-18-4-6-19(7-5-18)26-22-12-15-30(28-22)24(32)27-20-8-9-23(25-16-20)29-13-10-21(11-14-29)33-17(2)31/h4-9,12,15-16,21H,3,10-11,13-14H2,1-2H3,(H,26,28)(H,27,32). The molecular formula is C24H28N6O3. The monoisotopic (exact) mass is 448 g/mol. The van der Waals surface area contributed by atoms with Crippen molar-refractivity contribution in [2.75, 3.05) is 28.6 Å². The third-order valence-electron chi connectivity index (χ3n) is 5.53. The molecule has 0 spiro atoms. The highest BCUT2D eigenvalue weighted by Crippen LogP contribution is 2.21. The van der Waals surface area contributed by atoms with Crippen LogP contribution in [0.4, 0.5) is 27.8 Å². The minimum atomic E-state index is -0.374. The summed E-state index contributed by atoms with van der Waals surface area (Å²) in [7, 11) is 0.